The molecule has 1 aliphatic heterocycles. The highest BCUT2D eigenvalue weighted by atomic mass is 32.1. The normalized spacial score (nSPS) is 16.3. The van der Waals surface area contributed by atoms with Crippen molar-refractivity contribution in [3.05, 3.63) is 28.7 Å². The van der Waals surface area contributed by atoms with E-state index >= 15 is 0 Å². The Kier molecular flexibility index (Phi) is 4.91. The first-order valence-corrected chi connectivity index (χ1v) is 9.63. The molecule has 0 saturated carbocycles. The minimum atomic E-state index is -0.311. The van der Waals surface area contributed by atoms with Gasteiger partial charge in [-0.05, 0) is 32.8 Å². The van der Waals surface area contributed by atoms with Crippen molar-refractivity contribution in [1.82, 2.24) is 19.9 Å². The molecule has 0 unspecified atom stereocenters. The fourth-order valence-corrected chi connectivity index (χ4v) is 3.96. The van der Waals surface area contributed by atoms with Crippen LogP contribution >= 0.6 is 11.3 Å². The van der Waals surface area contributed by atoms with Crippen molar-refractivity contribution in [2.24, 2.45) is 5.41 Å². The van der Waals surface area contributed by atoms with E-state index in [9.17, 15) is 4.79 Å². The largest absolute Gasteiger partial charge is 0.342 e. The number of carbonyl (C=O) groups is 1. The van der Waals surface area contributed by atoms with E-state index in [-0.39, 0.29) is 11.3 Å². The second kappa shape index (κ2) is 6.83. The number of aryl methyl sites for hydroxylation is 2. The first kappa shape index (κ1) is 18.0. The van der Waals surface area contributed by atoms with Crippen molar-refractivity contribution in [2.45, 2.75) is 53.4 Å². The standard InChI is InChI=1S/C19H26N4OS/c1-12-11-20-17(25-12)16-10-15(21-13(2)22-16)14-6-8-23(9-7-14)18(24)19(3,4)5/h10-11,14H,6-9H2,1-5H3. The third-order valence-corrected chi connectivity index (χ3v) is 5.48. The minimum Gasteiger partial charge on any atom is -0.342 e. The average Bonchev–Trinajstić information content (AvgIpc) is 2.99. The predicted molar refractivity (Wildman–Crippen MR) is 101 cm³/mol. The third kappa shape index (κ3) is 4.06. The van der Waals surface area contributed by atoms with E-state index in [4.69, 9.17) is 0 Å². The van der Waals surface area contributed by atoms with Gasteiger partial charge in [-0.1, -0.05) is 20.8 Å². The van der Waals surface area contributed by atoms with Gasteiger partial charge in [-0.2, -0.15) is 0 Å². The molecule has 1 saturated heterocycles. The summed E-state index contributed by atoms with van der Waals surface area (Å²) >= 11 is 1.66. The summed E-state index contributed by atoms with van der Waals surface area (Å²) in [5, 5.41) is 0.949. The molecule has 2 aromatic rings. The zero-order chi connectivity index (χ0) is 18.2. The van der Waals surface area contributed by atoms with Crippen LogP contribution in [-0.2, 0) is 4.79 Å². The summed E-state index contributed by atoms with van der Waals surface area (Å²) in [6.45, 7) is 11.5. The molecular weight excluding hydrogens is 332 g/mol. The van der Waals surface area contributed by atoms with Crippen molar-refractivity contribution in [3.8, 4) is 10.7 Å². The lowest BCUT2D eigenvalue weighted by Gasteiger charge is -2.35. The highest BCUT2D eigenvalue weighted by molar-refractivity contribution is 7.14. The quantitative estimate of drug-likeness (QED) is 0.815. The Morgan fingerprint density at radius 3 is 2.44 bits per heavy atom. The van der Waals surface area contributed by atoms with Crippen molar-refractivity contribution in [3.63, 3.8) is 0 Å². The van der Waals surface area contributed by atoms with E-state index in [1.807, 2.05) is 38.8 Å². The van der Waals surface area contributed by atoms with Crippen LogP contribution in [0.1, 0.15) is 55.9 Å². The van der Waals surface area contributed by atoms with Crippen LogP contribution in [0.25, 0.3) is 10.7 Å². The molecular formula is C19H26N4OS. The Morgan fingerprint density at radius 1 is 1.20 bits per heavy atom. The van der Waals surface area contributed by atoms with Gasteiger partial charge in [0.25, 0.3) is 0 Å². The maximum absolute atomic E-state index is 12.5. The number of nitrogens with zero attached hydrogens (tertiary/aromatic N) is 4. The zero-order valence-electron chi connectivity index (χ0n) is 15.7. The topological polar surface area (TPSA) is 59.0 Å². The fourth-order valence-electron chi connectivity index (χ4n) is 3.24. The Labute approximate surface area is 153 Å². The maximum atomic E-state index is 12.5. The molecule has 0 aliphatic carbocycles. The highest BCUT2D eigenvalue weighted by Gasteiger charge is 2.31. The van der Waals surface area contributed by atoms with E-state index in [1.54, 1.807) is 11.3 Å². The van der Waals surface area contributed by atoms with Crippen molar-refractivity contribution >= 4 is 17.2 Å². The summed E-state index contributed by atoms with van der Waals surface area (Å²) in [6, 6.07) is 2.08. The van der Waals surface area contributed by atoms with Crippen molar-refractivity contribution in [2.75, 3.05) is 13.1 Å². The number of rotatable bonds is 2. The van der Waals surface area contributed by atoms with Gasteiger partial charge in [0.15, 0.2) is 0 Å². The monoisotopic (exact) mass is 358 g/mol. The number of likely N-dealkylation sites (tertiary alicyclic amines) is 1. The molecule has 1 fully saturated rings. The molecule has 0 atom stereocenters. The summed E-state index contributed by atoms with van der Waals surface area (Å²) in [7, 11) is 0. The van der Waals surface area contributed by atoms with Gasteiger partial charge in [0.05, 0.1) is 0 Å². The van der Waals surface area contributed by atoms with Gasteiger partial charge in [0.1, 0.15) is 16.5 Å². The van der Waals surface area contributed by atoms with Crippen molar-refractivity contribution in [1.29, 1.82) is 0 Å². The fraction of sp³-hybridized carbons (Fsp3) is 0.579. The van der Waals surface area contributed by atoms with Crippen LogP contribution in [0, 0.1) is 19.3 Å². The van der Waals surface area contributed by atoms with Crippen LogP contribution in [0.5, 0.6) is 0 Å². The van der Waals surface area contributed by atoms with Crippen LogP contribution in [0.2, 0.25) is 0 Å². The van der Waals surface area contributed by atoms with E-state index in [1.165, 1.54) is 4.88 Å². The second-order valence-electron chi connectivity index (χ2n) is 7.82. The van der Waals surface area contributed by atoms with Gasteiger partial charge in [0, 0.05) is 41.2 Å². The van der Waals surface area contributed by atoms with Gasteiger partial charge < -0.3 is 4.90 Å². The van der Waals surface area contributed by atoms with Gasteiger partial charge in [-0.15, -0.1) is 11.3 Å². The summed E-state index contributed by atoms with van der Waals surface area (Å²) in [5.74, 6) is 1.41. The van der Waals surface area contributed by atoms with E-state index in [0.29, 0.717) is 5.92 Å². The van der Waals surface area contributed by atoms with Gasteiger partial charge in [-0.3, -0.25) is 4.79 Å². The van der Waals surface area contributed by atoms with Crippen LogP contribution in [0.3, 0.4) is 0 Å². The van der Waals surface area contributed by atoms with E-state index in [0.717, 1.165) is 48.2 Å². The Bertz CT molecular complexity index is 770. The summed E-state index contributed by atoms with van der Waals surface area (Å²) in [5.41, 5.74) is 1.68. The lowest BCUT2D eigenvalue weighted by atomic mass is 9.89. The SMILES string of the molecule is Cc1nc(-c2ncc(C)s2)cc(C2CCN(C(=O)C(C)(C)C)CC2)n1. The van der Waals surface area contributed by atoms with E-state index < -0.39 is 0 Å². The van der Waals surface area contributed by atoms with Gasteiger partial charge in [0.2, 0.25) is 5.91 Å². The van der Waals surface area contributed by atoms with Crippen molar-refractivity contribution < 1.29 is 4.79 Å². The molecule has 1 amide bonds. The Hall–Kier alpha value is -1.82. The van der Waals surface area contributed by atoms with Gasteiger partial charge >= 0.3 is 0 Å². The van der Waals surface area contributed by atoms with Crippen LogP contribution < -0.4 is 0 Å². The summed E-state index contributed by atoms with van der Waals surface area (Å²) < 4.78 is 0. The summed E-state index contributed by atoms with van der Waals surface area (Å²) in [4.78, 5) is 29.3. The minimum absolute atomic E-state index is 0.240. The molecule has 0 spiro atoms. The third-order valence-electron chi connectivity index (χ3n) is 4.54. The first-order chi connectivity index (χ1) is 11.7. The average molecular weight is 359 g/mol. The molecule has 3 rings (SSSR count). The maximum Gasteiger partial charge on any atom is 0.227 e. The number of piperidine rings is 1. The first-order valence-electron chi connectivity index (χ1n) is 8.82. The molecule has 1 aliphatic rings. The molecule has 0 N–H and O–H groups in total. The molecule has 0 radical (unpaired) electrons. The molecule has 5 nitrogen and oxygen atoms in total. The number of amides is 1. The lowest BCUT2D eigenvalue weighted by molar-refractivity contribution is -0.140. The summed E-state index contributed by atoms with van der Waals surface area (Å²) in [6.07, 6.45) is 3.79. The number of hydrogen-bond donors (Lipinski definition) is 0. The van der Waals surface area contributed by atoms with Gasteiger partial charge in [-0.25, -0.2) is 15.0 Å². The highest BCUT2D eigenvalue weighted by Crippen LogP contribution is 2.31. The van der Waals surface area contributed by atoms with Crippen LogP contribution in [-0.4, -0.2) is 38.8 Å². The van der Waals surface area contributed by atoms with Crippen LogP contribution in [0.15, 0.2) is 12.3 Å². The van der Waals surface area contributed by atoms with Crippen LogP contribution in [0.4, 0.5) is 0 Å². The molecule has 2 aromatic heterocycles. The smallest absolute Gasteiger partial charge is 0.227 e. The molecule has 25 heavy (non-hydrogen) atoms. The Morgan fingerprint density at radius 2 is 1.88 bits per heavy atom. The molecule has 6 heteroatoms. The predicted octanol–water partition coefficient (Wildman–Crippen LogP) is 3.97. The number of carbonyl (C=O) groups excluding carboxylic acids is 1. The van der Waals surface area contributed by atoms with E-state index in [2.05, 4.69) is 27.9 Å². The second-order valence-corrected chi connectivity index (χ2v) is 9.05. The number of aromatic nitrogens is 3. The zero-order valence-corrected chi connectivity index (χ0v) is 16.5. The number of thiazole rings is 1. The lowest BCUT2D eigenvalue weighted by Crippen LogP contribution is -2.43. The molecule has 134 valence electrons. The number of hydrogen-bond acceptors (Lipinski definition) is 5. The molecule has 0 bridgehead atoms. The Balaban J connectivity index is 1.75. The molecule has 0 aromatic carbocycles. The molecule has 3 heterocycles.